The zero-order valence-corrected chi connectivity index (χ0v) is 15.7. The summed E-state index contributed by atoms with van der Waals surface area (Å²) in [7, 11) is 0. The molecule has 27 heavy (non-hydrogen) atoms. The lowest BCUT2D eigenvalue weighted by molar-refractivity contribution is -0.121. The van der Waals surface area contributed by atoms with Crippen molar-refractivity contribution in [3.8, 4) is 11.4 Å². The Bertz CT molecular complexity index is 876. The maximum atomic E-state index is 12.4. The van der Waals surface area contributed by atoms with Crippen LogP contribution < -0.4 is 10.1 Å². The van der Waals surface area contributed by atoms with E-state index in [4.69, 9.17) is 4.74 Å². The molecule has 1 heterocycles. The summed E-state index contributed by atoms with van der Waals surface area (Å²) in [6, 6.07) is 15.3. The zero-order valence-electron chi connectivity index (χ0n) is 15.7. The lowest BCUT2D eigenvalue weighted by Gasteiger charge is -2.16. The van der Waals surface area contributed by atoms with Gasteiger partial charge in [0.1, 0.15) is 12.1 Å². The van der Waals surface area contributed by atoms with Crippen LogP contribution in [0.25, 0.3) is 5.69 Å². The van der Waals surface area contributed by atoms with Gasteiger partial charge in [-0.3, -0.25) is 4.79 Å². The number of nitrogens with one attached hydrogen (secondary N) is 1. The molecule has 140 valence electrons. The lowest BCUT2D eigenvalue weighted by atomic mass is 10.1. The Morgan fingerprint density at radius 1 is 1.15 bits per heavy atom. The Kier molecular flexibility index (Phi) is 5.80. The molecule has 0 saturated heterocycles. The van der Waals surface area contributed by atoms with Crippen LogP contribution in [0.4, 0.5) is 0 Å². The molecule has 0 bridgehead atoms. The van der Waals surface area contributed by atoms with E-state index in [9.17, 15) is 4.79 Å². The van der Waals surface area contributed by atoms with Gasteiger partial charge in [0.25, 0.3) is 0 Å². The third-order valence-electron chi connectivity index (χ3n) is 4.02. The maximum Gasteiger partial charge on any atom is 0.224 e. The monoisotopic (exact) mass is 365 g/mol. The van der Waals surface area contributed by atoms with Crippen LogP contribution in [-0.4, -0.2) is 32.2 Å². The molecular weight excluding hydrogens is 342 g/mol. The van der Waals surface area contributed by atoms with E-state index in [1.807, 2.05) is 69.3 Å². The Balaban J connectivity index is 1.58. The van der Waals surface area contributed by atoms with Gasteiger partial charge in [0, 0.05) is 0 Å². The predicted molar refractivity (Wildman–Crippen MR) is 102 cm³/mol. The van der Waals surface area contributed by atoms with Crippen LogP contribution in [0.5, 0.6) is 5.75 Å². The summed E-state index contributed by atoms with van der Waals surface area (Å²) >= 11 is 0. The first kappa shape index (κ1) is 18.6. The first-order chi connectivity index (χ1) is 13.0. The van der Waals surface area contributed by atoms with Crippen molar-refractivity contribution in [2.75, 3.05) is 0 Å². The fourth-order valence-electron chi connectivity index (χ4n) is 2.74. The molecule has 3 rings (SSSR count). The van der Waals surface area contributed by atoms with Gasteiger partial charge >= 0.3 is 0 Å². The summed E-state index contributed by atoms with van der Waals surface area (Å²) in [5.41, 5.74) is 2.78. The van der Waals surface area contributed by atoms with E-state index in [0.29, 0.717) is 6.42 Å². The Morgan fingerprint density at radius 2 is 1.93 bits per heavy atom. The molecule has 0 fully saturated rings. The molecule has 7 heteroatoms. The molecular formula is C20H23N5O2. The van der Waals surface area contributed by atoms with Crippen LogP contribution in [0.2, 0.25) is 0 Å². The van der Waals surface area contributed by atoms with Gasteiger partial charge in [-0.25, -0.2) is 4.68 Å². The number of tetrazole rings is 1. The summed E-state index contributed by atoms with van der Waals surface area (Å²) < 4.78 is 7.29. The average Bonchev–Trinajstić information content (AvgIpc) is 3.16. The van der Waals surface area contributed by atoms with E-state index in [1.54, 1.807) is 4.68 Å². The van der Waals surface area contributed by atoms with Crippen LogP contribution in [-0.2, 0) is 11.2 Å². The molecule has 3 aromatic rings. The Labute approximate surface area is 158 Å². The van der Waals surface area contributed by atoms with Crippen molar-refractivity contribution in [2.45, 2.75) is 39.3 Å². The van der Waals surface area contributed by atoms with Crippen LogP contribution in [0.1, 0.15) is 37.9 Å². The molecule has 2 aromatic carbocycles. The highest BCUT2D eigenvalue weighted by molar-refractivity contribution is 5.79. The Morgan fingerprint density at radius 3 is 2.59 bits per heavy atom. The van der Waals surface area contributed by atoms with Crippen molar-refractivity contribution in [1.82, 2.24) is 25.5 Å². The van der Waals surface area contributed by atoms with E-state index in [1.165, 1.54) is 6.33 Å². The highest BCUT2D eigenvalue weighted by atomic mass is 16.5. The largest absolute Gasteiger partial charge is 0.491 e. The molecule has 7 nitrogen and oxygen atoms in total. The number of ether oxygens (including phenoxy) is 1. The number of nitrogens with zero attached hydrogens (tertiary/aromatic N) is 4. The second-order valence-corrected chi connectivity index (χ2v) is 6.63. The van der Waals surface area contributed by atoms with Crippen LogP contribution in [0.15, 0.2) is 54.9 Å². The highest BCUT2D eigenvalue weighted by Gasteiger charge is 2.11. The summed E-state index contributed by atoms with van der Waals surface area (Å²) in [4.78, 5) is 12.4. The molecule has 1 N–H and O–H groups in total. The van der Waals surface area contributed by atoms with Crippen molar-refractivity contribution in [3.63, 3.8) is 0 Å². The topological polar surface area (TPSA) is 81.9 Å². The van der Waals surface area contributed by atoms with Crippen LogP contribution >= 0.6 is 0 Å². The van der Waals surface area contributed by atoms with Gasteiger partial charge in [0.15, 0.2) is 0 Å². The lowest BCUT2D eigenvalue weighted by Crippen LogP contribution is -2.28. The van der Waals surface area contributed by atoms with Crippen molar-refractivity contribution in [2.24, 2.45) is 0 Å². The highest BCUT2D eigenvalue weighted by Crippen LogP contribution is 2.20. The fraction of sp³-hybridized carbons (Fsp3) is 0.300. The van der Waals surface area contributed by atoms with Crippen molar-refractivity contribution >= 4 is 5.91 Å². The number of amides is 1. The molecule has 0 saturated carbocycles. The van der Waals surface area contributed by atoms with E-state index >= 15 is 0 Å². The molecule has 0 aliphatic heterocycles. The minimum atomic E-state index is -0.103. The third-order valence-corrected chi connectivity index (χ3v) is 4.02. The van der Waals surface area contributed by atoms with Gasteiger partial charge in [-0.1, -0.05) is 24.3 Å². The normalized spacial score (nSPS) is 12.0. The van der Waals surface area contributed by atoms with Gasteiger partial charge < -0.3 is 10.1 Å². The molecule has 1 aromatic heterocycles. The van der Waals surface area contributed by atoms with Gasteiger partial charge in [0.2, 0.25) is 5.91 Å². The maximum absolute atomic E-state index is 12.4. The van der Waals surface area contributed by atoms with Crippen LogP contribution in [0, 0.1) is 0 Å². The SMILES string of the molecule is CC(C)Oc1cccc(C(C)NC(=O)Cc2ccc(-n3cnnn3)cc2)c1. The second-order valence-electron chi connectivity index (χ2n) is 6.63. The molecule has 0 radical (unpaired) electrons. The minimum Gasteiger partial charge on any atom is -0.491 e. The minimum absolute atomic E-state index is 0.0344. The summed E-state index contributed by atoms with van der Waals surface area (Å²) in [6.07, 6.45) is 1.95. The zero-order chi connectivity index (χ0) is 19.2. The van der Waals surface area contributed by atoms with E-state index in [-0.39, 0.29) is 18.1 Å². The number of hydrogen-bond acceptors (Lipinski definition) is 5. The molecule has 0 spiro atoms. The predicted octanol–water partition coefficient (Wildman–Crippen LogP) is 2.87. The van der Waals surface area contributed by atoms with Gasteiger partial charge in [-0.15, -0.1) is 5.10 Å². The molecule has 1 unspecified atom stereocenters. The standard InChI is InChI=1S/C20H23N5O2/c1-14(2)27-19-6-4-5-17(12-19)15(3)22-20(26)11-16-7-9-18(10-8-16)25-13-21-23-24-25/h4-10,12-15H,11H2,1-3H3,(H,22,26). The smallest absolute Gasteiger partial charge is 0.224 e. The summed E-state index contributed by atoms with van der Waals surface area (Å²) in [5, 5.41) is 14.1. The van der Waals surface area contributed by atoms with Crippen molar-refractivity contribution in [3.05, 3.63) is 66.0 Å². The number of carbonyl (C=O) groups is 1. The van der Waals surface area contributed by atoms with E-state index < -0.39 is 0 Å². The third kappa shape index (κ3) is 5.13. The van der Waals surface area contributed by atoms with Crippen molar-refractivity contribution < 1.29 is 9.53 Å². The fourth-order valence-corrected chi connectivity index (χ4v) is 2.74. The number of rotatable bonds is 7. The number of hydrogen-bond donors (Lipinski definition) is 1. The first-order valence-electron chi connectivity index (χ1n) is 8.89. The number of carbonyl (C=O) groups excluding carboxylic acids is 1. The Hall–Kier alpha value is -3.22. The van der Waals surface area contributed by atoms with Gasteiger partial charge in [-0.2, -0.15) is 0 Å². The molecule has 1 amide bonds. The molecule has 1 atom stereocenters. The first-order valence-corrected chi connectivity index (χ1v) is 8.89. The summed E-state index contributed by atoms with van der Waals surface area (Å²) in [6.45, 7) is 5.94. The second kappa shape index (κ2) is 8.44. The quantitative estimate of drug-likeness (QED) is 0.696. The van der Waals surface area contributed by atoms with E-state index in [0.717, 1.165) is 22.6 Å². The van der Waals surface area contributed by atoms with E-state index in [2.05, 4.69) is 20.8 Å². The van der Waals surface area contributed by atoms with Crippen molar-refractivity contribution in [1.29, 1.82) is 0 Å². The van der Waals surface area contributed by atoms with Gasteiger partial charge in [0.05, 0.1) is 24.3 Å². The number of benzene rings is 2. The molecule has 0 aliphatic rings. The summed E-state index contributed by atoms with van der Waals surface area (Å²) in [5.74, 6) is 0.773. The average molecular weight is 365 g/mol. The number of aromatic nitrogens is 4. The van der Waals surface area contributed by atoms with Crippen LogP contribution in [0.3, 0.4) is 0 Å². The molecule has 0 aliphatic carbocycles. The van der Waals surface area contributed by atoms with Gasteiger partial charge in [-0.05, 0) is 66.6 Å².